The lowest BCUT2D eigenvalue weighted by Crippen LogP contribution is -2.52. The molecule has 0 radical (unpaired) electrons. The van der Waals surface area contributed by atoms with Gasteiger partial charge in [0.25, 0.3) is 17.7 Å². The lowest BCUT2D eigenvalue weighted by atomic mass is 10.0. The van der Waals surface area contributed by atoms with Gasteiger partial charge in [-0.25, -0.2) is 19.2 Å². The van der Waals surface area contributed by atoms with Crippen LogP contribution in [0.25, 0.3) is 11.3 Å². The molecule has 0 saturated carbocycles. The number of hydrogen-bond donors (Lipinski definition) is 4. The number of halogens is 1. The maximum atomic E-state index is 13.5. The maximum Gasteiger partial charge on any atom is 0.361 e. The fourth-order valence-electron chi connectivity index (χ4n) is 8.19. The third-order valence-corrected chi connectivity index (χ3v) is 11.9. The number of benzene rings is 3. The number of rotatable bonds is 14. The van der Waals surface area contributed by atoms with E-state index >= 15 is 0 Å². The van der Waals surface area contributed by atoms with Crippen molar-refractivity contribution in [2.75, 3.05) is 50.4 Å². The molecule has 3 fully saturated rings. The summed E-state index contributed by atoms with van der Waals surface area (Å²) in [4.78, 5) is 89.5. The lowest BCUT2D eigenvalue weighted by Gasteiger charge is -2.34. The van der Waals surface area contributed by atoms with Crippen molar-refractivity contribution < 1.29 is 42.6 Å². The molecular formula is C47H49FN10O8. The standard InChI is InChI=1S/C47H49FN10O8/c48-33-9-11-34(12-10-33)52-45(62)41(29-5-2-1-3-6-29)66-47(64)40-42(49)50-27-38(53-40)32-26-51-58(28-32)35-15-19-56(20-16-35)23-24-65-36-17-21-57(22-18-36)46(63)31-8-4-7-30(25-31)43(60)54-37-13-14-39(59)55-44(37)61/h1-12,25-28,35-37,41H,13-24H2,(H2,49,50)(H,52,62)(H,54,60)(H,55,59,61)/t37?,41-/m1/s1. The van der Waals surface area contributed by atoms with Crippen LogP contribution < -0.4 is 21.7 Å². The Morgan fingerprint density at radius 2 is 1.62 bits per heavy atom. The predicted molar refractivity (Wildman–Crippen MR) is 237 cm³/mol. The van der Waals surface area contributed by atoms with E-state index in [0.717, 1.165) is 32.5 Å². The molecule has 3 aliphatic rings. The molecule has 5 heterocycles. The largest absolute Gasteiger partial charge is 0.442 e. The minimum Gasteiger partial charge on any atom is -0.442 e. The molecule has 5 aromatic rings. The SMILES string of the molecule is Nc1ncc(-c2cnn(C3CCN(CCOC4CCN(C(=O)c5cccc(C(=O)NC6CCC(=O)NC6=O)c5)CC4)CC3)c2)nc1C(=O)O[C@@H](C(=O)Nc1ccc(F)cc1)c1ccccc1. The molecule has 5 N–H and O–H groups in total. The third kappa shape index (κ3) is 11.1. The van der Waals surface area contributed by atoms with Crippen molar-refractivity contribution in [1.29, 1.82) is 0 Å². The summed E-state index contributed by atoms with van der Waals surface area (Å²) < 4.78 is 27.3. The zero-order valence-electron chi connectivity index (χ0n) is 35.9. The Bertz CT molecular complexity index is 2580. The van der Waals surface area contributed by atoms with Gasteiger partial charge in [0.2, 0.25) is 17.9 Å². The Labute approximate surface area is 379 Å². The summed E-state index contributed by atoms with van der Waals surface area (Å²) in [6.07, 6.45) is 7.07. The monoisotopic (exact) mass is 900 g/mol. The Kier molecular flexibility index (Phi) is 14.1. The summed E-state index contributed by atoms with van der Waals surface area (Å²) in [5, 5.41) is 12.1. The number of carbonyl (C=O) groups excluding carboxylic acids is 6. The highest BCUT2D eigenvalue weighted by Gasteiger charge is 2.31. The summed E-state index contributed by atoms with van der Waals surface area (Å²) in [6, 6.07) is 19.4. The Balaban J connectivity index is 0.780. The first-order valence-corrected chi connectivity index (χ1v) is 21.8. The second-order valence-corrected chi connectivity index (χ2v) is 16.4. The summed E-state index contributed by atoms with van der Waals surface area (Å²) in [5.41, 5.74) is 8.18. The fourth-order valence-corrected chi connectivity index (χ4v) is 8.19. The van der Waals surface area contributed by atoms with Crippen molar-refractivity contribution in [2.45, 2.75) is 62.8 Å². The molecule has 3 saturated heterocycles. The number of hydrogen-bond acceptors (Lipinski definition) is 13. The summed E-state index contributed by atoms with van der Waals surface area (Å²) in [6.45, 7) is 4.06. The molecule has 8 rings (SSSR count). The zero-order chi connectivity index (χ0) is 46.2. The van der Waals surface area contributed by atoms with Gasteiger partial charge in [0.1, 0.15) is 11.9 Å². The summed E-state index contributed by atoms with van der Waals surface area (Å²) in [5.74, 6) is -3.81. The average molecular weight is 901 g/mol. The van der Waals surface area contributed by atoms with E-state index in [4.69, 9.17) is 15.2 Å². The third-order valence-electron chi connectivity index (χ3n) is 11.9. The quantitative estimate of drug-likeness (QED) is 0.0910. The number of likely N-dealkylation sites (tertiary alicyclic amines) is 2. The van der Waals surface area contributed by atoms with Crippen molar-refractivity contribution in [3.05, 3.63) is 126 Å². The number of nitrogens with two attached hydrogens (primary N) is 1. The number of nitrogen functional groups attached to an aromatic ring is 1. The molecular weight excluding hydrogens is 852 g/mol. The van der Waals surface area contributed by atoms with Gasteiger partial charge in [-0.15, -0.1) is 0 Å². The molecule has 2 atom stereocenters. The number of esters is 1. The zero-order valence-corrected chi connectivity index (χ0v) is 35.9. The number of amides is 5. The smallest absolute Gasteiger partial charge is 0.361 e. The van der Waals surface area contributed by atoms with Gasteiger partial charge in [-0.3, -0.25) is 34.0 Å². The Morgan fingerprint density at radius 1 is 0.879 bits per heavy atom. The molecule has 66 heavy (non-hydrogen) atoms. The normalized spacial score (nSPS) is 17.7. The maximum absolute atomic E-state index is 13.5. The molecule has 342 valence electrons. The van der Waals surface area contributed by atoms with E-state index in [1.807, 2.05) is 10.9 Å². The lowest BCUT2D eigenvalue weighted by molar-refractivity contribution is -0.134. The van der Waals surface area contributed by atoms with Crippen LogP contribution in [0.5, 0.6) is 0 Å². The number of ether oxygens (including phenoxy) is 2. The molecule has 1 unspecified atom stereocenters. The highest BCUT2D eigenvalue weighted by Crippen LogP contribution is 2.27. The van der Waals surface area contributed by atoms with E-state index in [2.05, 4.69) is 35.9 Å². The number of nitrogens with zero attached hydrogens (tertiary/aromatic N) is 6. The van der Waals surface area contributed by atoms with Gasteiger partial charge in [0.15, 0.2) is 11.5 Å². The van der Waals surface area contributed by atoms with Gasteiger partial charge in [0, 0.05) is 73.3 Å². The van der Waals surface area contributed by atoms with Crippen molar-refractivity contribution in [2.24, 2.45) is 0 Å². The van der Waals surface area contributed by atoms with Crippen molar-refractivity contribution in [3.8, 4) is 11.3 Å². The molecule has 5 amide bonds. The van der Waals surface area contributed by atoms with Crippen LogP contribution in [0, 0.1) is 5.82 Å². The van der Waals surface area contributed by atoms with E-state index in [1.165, 1.54) is 36.5 Å². The van der Waals surface area contributed by atoms with Crippen LogP contribution in [-0.2, 0) is 23.9 Å². The summed E-state index contributed by atoms with van der Waals surface area (Å²) in [7, 11) is 0. The van der Waals surface area contributed by atoms with Crippen molar-refractivity contribution in [3.63, 3.8) is 0 Å². The minimum absolute atomic E-state index is 0.0242. The first kappa shape index (κ1) is 45.2. The first-order valence-electron chi connectivity index (χ1n) is 21.8. The van der Waals surface area contributed by atoms with Crippen LogP contribution in [0.15, 0.2) is 97.5 Å². The van der Waals surface area contributed by atoms with Gasteiger partial charge in [-0.2, -0.15) is 5.10 Å². The van der Waals surface area contributed by atoms with E-state index < -0.39 is 41.7 Å². The van der Waals surface area contributed by atoms with Crippen LogP contribution in [0.2, 0.25) is 0 Å². The Hall–Kier alpha value is -7.38. The fraction of sp³-hybridized carbons (Fsp3) is 0.340. The van der Waals surface area contributed by atoms with Gasteiger partial charge in [-0.05, 0) is 74.6 Å². The molecule has 0 aliphatic carbocycles. The number of piperidine rings is 3. The van der Waals surface area contributed by atoms with Crippen LogP contribution >= 0.6 is 0 Å². The second-order valence-electron chi connectivity index (χ2n) is 16.4. The average Bonchev–Trinajstić information content (AvgIpc) is 3.83. The second kappa shape index (κ2) is 20.6. The van der Waals surface area contributed by atoms with E-state index in [0.29, 0.717) is 60.6 Å². The number of carbonyl (C=O) groups is 6. The van der Waals surface area contributed by atoms with Gasteiger partial charge in [0.05, 0.1) is 36.8 Å². The summed E-state index contributed by atoms with van der Waals surface area (Å²) >= 11 is 0. The van der Waals surface area contributed by atoms with Crippen LogP contribution in [0.3, 0.4) is 0 Å². The Morgan fingerprint density at radius 3 is 2.36 bits per heavy atom. The molecule has 0 spiro atoms. The van der Waals surface area contributed by atoms with Gasteiger partial charge < -0.3 is 35.6 Å². The number of aromatic nitrogens is 4. The van der Waals surface area contributed by atoms with Crippen molar-refractivity contribution >= 4 is 47.0 Å². The van der Waals surface area contributed by atoms with Crippen LogP contribution in [-0.4, -0.2) is 117 Å². The molecule has 3 aromatic carbocycles. The molecule has 19 heteroatoms. The molecule has 18 nitrogen and oxygen atoms in total. The predicted octanol–water partition coefficient (Wildman–Crippen LogP) is 4.09. The molecule has 2 aromatic heterocycles. The van der Waals surface area contributed by atoms with Gasteiger partial charge >= 0.3 is 5.97 Å². The van der Waals surface area contributed by atoms with Crippen LogP contribution in [0.1, 0.15) is 87.4 Å². The van der Waals surface area contributed by atoms with Crippen molar-refractivity contribution in [1.82, 2.24) is 40.2 Å². The molecule has 3 aliphatic heterocycles. The van der Waals surface area contributed by atoms with E-state index in [-0.39, 0.29) is 53.9 Å². The van der Waals surface area contributed by atoms with E-state index in [9.17, 15) is 33.2 Å². The van der Waals surface area contributed by atoms with E-state index in [1.54, 1.807) is 59.6 Å². The number of imide groups is 1. The minimum atomic E-state index is -1.37. The highest BCUT2D eigenvalue weighted by molar-refractivity contribution is 6.05. The number of nitrogens with one attached hydrogen (secondary N) is 3. The molecule has 0 bridgehead atoms. The van der Waals surface area contributed by atoms with Crippen LogP contribution in [0.4, 0.5) is 15.9 Å². The topological polar surface area (TPSA) is 233 Å². The first-order chi connectivity index (χ1) is 32.0. The number of anilines is 2. The highest BCUT2D eigenvalue weighted by atomic mass is 19.1. The van der Waals surface area contributed by atoms with Gasteiger partial charge in [-0.1, -0.05) is 36.4 Å².